The molecule has 6 nitrogen and oxygen atoms in total. The van der Waals surface area contributed by atoms with Gasteiger partial charge in [-0.3, -0.25) is 14.2 Å². The van der Waals surface area contributed by atoms with Crippen LogP contribution in [0.1, 0.15) is 12.0 Å². The van der Waals surface area contributed by atoms with Gasteiger partial charge in [-0.05, 0) is 33.6 Å². The molecule has 2 heterocycles. The van der Waals surface area contributed by atoms with E-state index in [9.17, 15) is 4.79 Å². The lowest BCUT2D eigenvalue weighted by Gasteiger charge is -2.05. The van der Waals surface area contributed by atoms with E-state index in [0.29, 0.717) is 38.4 Å². The van der Waals surface area contributed by atoms with Crippen molar-refractivity contribution < 1.29 is 4.79 Å². The average molecular weight is 478 g/mol. The second-order valence-corrected chi connectivity index (χ2v) is 7.61. The van der Waals surface area contributed by atoms with Crippen LogP contribution < -0.4 is 5.32 Å². The van der Waals surface area contributed by atoms with Crippen LogP contribution in [-0.2, 0) is 17.9 Å². The van der Waals surface area contributed by atoms with E-state index in [1.807, 2.05) is 6.07 Å². The molecule has 1 N–H and O–H groups in total. The summed E-state index contributed by atoms with van der Waals surface area (Å²) in [5, 5.41) is 12.8. The van der Waals surface area contributed by atoms with Gasteiger partial charge in [0.25, 0.3) is 0 Å². The third-order valence-electron chi connectivity index (χ3n) is 3.49. The van der Waals surface area contributed by atoms with Gasteiger partial charge in [-0.2, -0.15) is 10.2 Å². The molecule has 0 atom stereocenters. The largest absolute Gasteiger partial charge is 0.308 e. The summed E-state index contributed by atoms with van der Waals surface area (Å²) in [7, 11) is 0. The van der Waals surface area contributed by atoms with Gasteiger partial charge in [0, 0.05) is 35.4 Å². The van der Waals surface area contributed by atoms with Crippen molar-refractivity contribution in [2.24, 2.45) is 0 Å². The maximum Gasteiger partial charge on any atom is 0.227 e. The molecule has 0 fully saturated rings. The number of aryl methyl sites for hydroxylation is 1. The van der Waals surface area contributed by atoms with Gasteiger partial charge in [-0.15, -0.1) is 0 Å². The Kier molecular flexibility index (Phi) is 6.24. The number of amides is 1. The molecule has 0 saturated heterocycles. The Balaban J connectivity index is 1.61. The Morgan fingerprint density at radius 2 is 1.96 bits per heavy atom. The van der Waals surface area contributed by atoms with Crippen LogP contribution in [-0.4, -0.2) is 25.5 Å². The highest BCUT2D eigenvalue weighted by molar-refractivity contribution is 9.10. The molecule has 2 aromatic heterocycles. The fraction of sp³-hybridized carbons (Fsp3) is 0.188. The third kappa shape index (κ3) is 5.01. The van der Waals surface area contributed by atoms with Gasteiger partial charge >= 0.3 is 0 Å². The fourth-order valence-electron chi connectivity index (χ4n) is 2.26. The van der Waals surface area contributed by atoms with Gasteiger partial charge < -0.3 is 5.32 Å². The molecule has 3 rings (SSSR count). The summed E-state index contributed by atoms with van der Waals surface area (Å²) < 4.78 is 3.97. The third-order valence-corrected chi connectivity index (χ3v) is 4.85. The van der Waals surface area contributed by atoms with E-state index >= 15 is 0 Å². The number of rotatable bonds is 6. The number of hydrogen-bond acceptors (Lipinski definition) is 3. The molecule has 136 valence electrons. The predicted octanol–water partition coefficient (Wildman–Crippen LogP) is 4.88. The van der Waals surface area contributed by atoms with Crippen LogP contribution in [0.4, 0.5) is 5.82 Å². The Labute approximate surface area is 173 Å². The summed E-state index contributed by atoms with van der Waals surface area (Å²) in [6, 6.07) is 5.29. The lowest BCUT2D eigenvalue weighted by molar-refractivity contribution is -0.116. The minimum Gasteiger partial charge on any atom is -0.308 e. The van der Waals surface area contributed by atoms with E-state index < -0.39 is 0 Å². The van der Waals surface area contributed by atoms with Crippen molar-refractivity contribution in [2.75, 3.05) is 5.32 Å². The van der Waals surface area contributed by atoms with E-state index in [4.69, 9.17) is 34.8 Å². The molecule has 10 heteroatoms. The van der Waals surface area contributed by atoms with Crippen molar-refractivity contribution in [1.29, 1.82) is 0 Å². The molecular weight excluding hydrogens is 464 g/mol. The summed E-state index contributed by atoms with van der Waals surface area (Å²) in [5.74, 6) is 0.269. The standard InChI is InChI=1S/C16H13BrCl3N5O/c17-13-9-25(7-10-1-2-11(18)5-14(10)20)23-16(13)22-15(26)3-4-24-8-12(19)6-21-24/h1-2,5-6,8-9H,3-4,7H2,(H,22,23,26). The first-order chi connectivity index (χ1) is 12.4. The maximum atomic E-state index is 12.1. The van der Waals surface area contributed by atoms with Crippen molar-refractivity contribution in [1.82, 2.24) is 19.6 Å². The van der Waals surface area contributed by atoms with Crippen LogP contribution in [0.15, 0.2) is 41.3 Å². The molecule has 0 unspecified atom stereocenters. The number of nitrogens with zero attached hydrogens (tertiary/aromatic N) is 4. The summed E-state index contributed by atoms with van der Waals surface area (Å²) in [6.45, 7) is 0.882. The van der Waals surface area contributed by atoms with Gasteiger partial charge in [0.15, 0.2) is 5.82 Å². The summed E-state index contributed by atoms with van der Waals surface area (Å²) in [5.41, 5.74) is 0.875. The lowest BCUT2D eigenvalue weighted by atomic mass is 10.2. The Morgan fingerprint density at radius 1 is 1.15 bits per heavy atom. The number of halogens is 4. The van der Waals surface area contributed by atoms with Crippen LogP contribution in [0.5, 0.6) is 0 Å². The Morgan fingerprint density at radius 3 is 2.65 bits per heavy atom. The molecule has 0 aliphatic rings. The topological polar surface area (TPSA) is 64.7 Å². The van der Waals surface area contributed by atoms with Gasteiger partial charge in [0.05, 0.1) is 22.2 Å². The van der Waals surface area contributed by atoms with Gasteiger partial charge in [-0.1, -0.05) is 40.9 Å². The summed E-state index contributed by atoms with van der Waals surface area (Å²) >= 11 is 21.3. The molecular formula is C16H13BrCl3N5O. The quantitative estimate of drug-likeness (QED) is 0.550. The number of carbonyl (C=O) groups excluding carboxylic acids is 1. The molecule has 0 aliphatic heterocycles. The van der Waals surface area contributed by atoms with E-state index in [2.05, 4.69) is 31.4 Å². The average Bonchev–Trinajstić information content (AvgIpc) is 3.14. The first-order valence-electron chi connectivity index (χ1n) is 7.55. The number of nitrogens with one attached hydrogen (secondary N) is 1. The molecule has 1 aromatic carbocycles. The van der Waals surface area contributed by atoms with Crippen LogP contribution in [0.25, 0.3) is 0 Å². The fourth-order valence-corrected chi connectivity index (χ4v) is 3.30. The van der Waals surface area contributed by atoms with E-state index in [0.717, 1.165) is 5.56 Å². The molecule has 1 amide bonds. The highest BCUT2D eigenvalue weighted by Gasteiger charge is 2.12. The Bertz CT molecular complexity index is 940. The predicted molar refractivity (Wildman–Crippen MR) is 106 cm³/mol. The smallest absolute Gasteiger partial charge is 0.227 e. The van der Waals surface area contributed by atoms with Gasteiger partial charge in [0.1, 0.15) is 0 Å². The van der Waals surface area contributed by atoms with E-state index in [1.165, 1.54) is 6.20 Å². The maximum absolute atomic E-state index is 12.1. The van der Waals surface area contributed by atoms with Gasteiger partial charge in [-0.25, -0.2) is 0 Å². The van der Waals surface area contributed by atoms with Crippen molar-refractivity contribution in [3.05, 3.63) is 61.9 Å². The molecule has 0 saturated carbocycles. The molecule has 0 bridgehead atoms. The molecule has 0 radical (unpaired) electrons. The van der Waals surface area contributed by atoms with E-state index in [-0.39, 0.29) is 12.3 Å². The molecule has 0 spiro atoms. The number of aromatic nitrogens is 4. The summed E-state index contributed by atoms with van der Waals surface area (Å²) in [4.78, 5) is 12.1. The van der Waals surface area contributed by atoms with Crippen molar-refractivity contribution in [3.63, 3.8) is 0 Å². The normalized spacial score (nSPS) is 10.9. The zero-order valence-electron chi connectivity index (χ0n) is 13.3. The van der Waals surface area contributed by atoms with Crippen LogP contribution in [0, 0.1) is 0 Å². The zero-order valence-corrected chi connectivity index (χ0v) is 17.1. The molecule has 3 aromatic rings. The number of hydrogen-bond donors (Lipinski definition) is 1. The number of benzene rings is 1. The monoisotopic (exact) mass is 475 g/mol. The Hall–Kier alpha value is -1.54. The van der Waals surface area contributed by atoms with Crippen molar-refractivity contribution in [3.8, 4) is 0 Å². The summed E-state index contributed by atoms with van der Waals surface area (Å²) in [6.07, 6.45) is 5.21. The number of carbonyl (C=O) groups is 1. The van der Waals surface area contributed by atoms with Crippen molar-refractivity contribution in [2.45, 2.75) is 19.5 Å². The van der Waals surface area contributed by atoms with Crippen LogP contribution in [0.2, 0.25) is 15.1 Å². The first-order valence-corrected chi connectivity index (χ1v) is 9.48. The highest BCUT2D eigenvalue weighted by Crippen LogP contribution is 2.24. The highest BCUT2D eigenvalue weighted by atomic mass is 79.9. The minimum atomic E-state index is -0.174. The zero-order chi connectivity index (χ0) is 18.7. The first kappa shape index (κ1) is 19.2. The SMILES string of the molecule is O=C(CCn1cc(Cl)cn1)Nc1nn(Cc2ccc(Cl)cc2Cl)cc1Br. The van der Waals surface area contributed by atoms with E-state index in [1.54, 1.807) is 33.9 Å². The number of anilines is 1. The molecule has 26 heavy (non-hydrogen) atoms. The molecule has 0 aliphatic carbocycles. The minimum absolute atomic E-state index is 0.174. The second-order valence-electron chi connectivity index (χ2n) is 5.48. The van der Waals surface area contributed by atoms with Crippen molar-refractivity contribution >= 4 is 62.5 Å². The van der Waals surface area contributed by atoms with Gasteiger partial charge in [0.2, 0.25) is 5.91 Å². The lowest BCUT2D eigenvalue weighted by Crippen LogP contribution is -2.15. The second kappa shape index (κ2) is 8.43. The van der Waals surface area contributed by atoms with Crippen LogP contribution in [0.3, 0.4) is 0 Å². The van der Waals surface area contributed by atoms with Crippen LogP contribution >= 0.6 is 50.7 Å².